The van der Waals surface area contributed by atoms with Crippen LogP contribution in [0.5, 0.6) is 0 Å². The molecule has 1 atom stereocenters. The fourth-order valence-corrected chi connectivity index (χ4v) is 3.41. The first-order chi connectivity index (χ1) is 11.1. The molecule has 1 aliphatic heterocycles. The standard InChI is InChI=1S/C18H23N5/c1-4-15-7-5-6-10-22(15)18-16(12-19)20-23(21-18)17-9-8-13(2)11-14(17)3/h8-9,11,15H,4-7,10H2,1-3H3/t15-/m0/s1. The Balaban J connectivity index is 2.02. The van der Waals surface area contributed by atoms with Gasteiger partial charge in [-0.05, 0) is 51.2 Å². The van der Waals surface area contributed by atoms with Crippen molar-refractivity contribution in [3.05, 3.63) is 35.0 Å². The molecule has 0 unspecified atom stereocenters. The molecule has 0 spiro atoms. The summed E-state index contributed by atoms with van der Waals surface area (Å²) in [6.07, 6.45) is 4.64. The molecule has 3 rings (SSSR count). The lowest BCUT2D eigenvalue weighted by molar-refractivity contribution is 0.446. The molecule has 5 heteroatoms. The number of anilines is 1. The van der Waals surface area contributed by atoms with Crippen LogP contribution in [0, 0.1) is 25.2 Å². The zero-order valence-corrected chi connectivity index (χ0v) is 14.1. The summed E-state index contributed by atoms with van der Waals surface area (Å²) in [4.78, 5) is 3.89. The van der Waals surface area contributed by atoms with Gasteiger partial charge < -0.3 is 4.90 Å². The van der Waals surface area contributed by atoms with Gasteiger partial charge in [0.25, 0.3) is 0 Å². The van der Waals surface area contributed by atoms with Crippen molar-refractivity contribution in [2.24, 2.45) is 0 Å². The maximum atomic E-state index is 9.49. The van der Waals surface area contributed by atoms with Crippen LogP contribution in [0.15, 0.2) is 18.2 Å². The highest BCUT2D eigenvalue weighted by atomic mass is 15.5. The number of rotatable bonds is 3. The first kappa shape index (κ1) is 15.5. The Morgan fingerprint density at radius 3 is 2.78 bits per heavy atom. The maximum Gasteiger partial charge on any atom is 0.207 e. The molecule has 2 aromatic rings. The van der Waals surface area contributed by atoms with Gasteiger partial charge in [0, 0.05) is 12.6 Å². The Kier molecular flexibility index (Phi) is 4.33. The van der Waals surface area contributed by atoms with E-state index in [9.17, 15) is 5.26 Å². The zero-order chi connectivity index (χ0) is 16.4. The Morgan fingerprint density at radius 2 is 2.09 bits per heavy atom. The van der Waals surface area contributed by atoms with Gasteiger partial charge in [-0.3, -0.25) is 0 Å². The molecule has 0 bridgehead atoms. The second kappa shape index (κ2) is 6.41. The molecule has 1 fully saturated rings. The zero-order valence-electron chi connectivity index (χ0n) is 14.1. The molecule has 0 N–H and O–H groups in total. The van der Waals surface area contributed by atoms with E-state index < -0.39 is 0 Å². The van der Waals surface area contributed by atoms with Crippen molar-refractivity contribution >= 4 is 5.82 Å². The monoisotopic (exact) mass is 309 g/mol. The van der Waals surface area contributed by atoms with Crippen molar-refractivity contribution in [1.29, 1.82) is 5.26 Å². The number of piperidine rings is 1. The van der Waals surface area contributed by atoms with E-state index in [4.69, 9.17) is 0 Å². The molecule has 0 amide bonds. The molecule has 23 heavy (non-hydrogen) atoms. The van der Waals surface area contributed by atoms with Gasteiger partial charge in [-0.1, -0.05) is 24.6 Å². The Bertz CT molecular complexity index is 740. The number of benzene rings is 1. The summed E-state index contributed by atoms with van der Waals surface area (Å²) >= 11 is 0. The molecule has 0 aliphatic carbocycles. The summed E-state index contributed by atoms with van der Waals surface area (Å²) in [5, 5.41) is 18.6. The second-order valence-corrected chi connectivity index (χ2v) is 6.31. The predicted molar refractivity (Wildman–Crippen MR) is 90.8 cm³/mol. The van der Waals surface area contributed by atoms with Crippen molar-refractivity contribution in [3.63, 3.8) is 0 Å². The molecule has 1 aliphatic rings. The second-order valence-electron chi connectivity index (χ2n) is 6.31. The van der Waals surface area contributed by atoms with Crippen LogP contribution in [0.1, 0.15) is 49.4 Å². The Hall–Kier alpha value is -2.35. The lowest BCUT2D eigenvalue weighted by atomic mass is 10.00. The largest absolute Gasteiger partial charge is 0.350 e. The van der Waals surface area contributed by atoms with Crippen molar-refractivity contribution in [3.8, 4) is 11.8 Å². The van der Waals surface area contributed by atoms with Gasteiger partial charge in [0.1, 0.15) is 6.07 Å². The van der Waals surface area contributed by atoms with Gasteiger partial charge in [-0.25, -0.2) is 0 Å². The topological polar surface area (TPSA) is 57.7 Å². The van der Waals surface area contributed by atoms with Crippen LogP contribution >= 0.6 is 0 Å². The quantitative estimate of drug-likeness (QED) is 0.870. The molecular weight excluding hydrogens is 286 g/mol. The molecule has 1 saturated heterocycles. The van der Waals surface area contributed by atoms with Crippen LogP contribution < -0.4 is 4.90 Å². The van der Waals surface area contributed by atoms with Crippen molar-refractivity contribution < 1.29 is 0 Å². The minimum absolute atomic E-state index is 0.422. The highest BCUT2D eigenvalue weighted by molar-refractivity contribution is 5.52. The summed E-state index contributed by atoms with van der Waals surface area (Å²) in [5.74, 6) is 0.735. The fourth-order valence-electron chi connectivity index (χ4n) is 3.41. The highest BCUT2D eigenvalue weighted by Gasteiger charge is 2.27. The molecule has 1 aromatic heterocycles. The van der Waals surface area contributed by atoms with Crippen LogP contribution in [-0.2, 0) is 0 Å². The van der Waals surface area contributed by atoms with E-state index in [1.54, 1.807) is 4.80 Å². The molecule has 1 aromatic carbocycles. The van der Waals surface area contributed by atoms with Crippen LogP contribution in [-0.4, -0.2) is 27.6 Å². The Labute approximate surface area is 137 Å². The van der Waals surface area contributed by atoms with Crippen LogP contribution in [0.3, 0.4) is 0 Å². The number of hydrogen-bond donors (Lipinski definition) is 0. The summed E-state index contributed by atoms with van der Waals surface area (Å²) in [6.45, 7) is 7.27. The van der Waals surface area contributed by atoms with E-state index in [1.807, 2.05) is 19.1 Å². The normalized spacial score (nSPS) is 18.0. The minimum Gasteiger partial charge on any atom is -0.350 e. The summed E-state index contributed by atoms with van der Waals surface area (Å²) in [5.41, 5.74) is 3.68. The third-order valence-electron chi connectivity index (χ3n) is 4.64. The third-order valence-corrected chi connectivity index (χ3v) is 4.64. The smallest absolute Gasteiger partial charge is 0.207 e. The van der Waals surface area contributed by atoms with Gasteiger partial charge in [0.2, 0.25) is 5.69 Å². The van der Waals surface area contributed by atoms with Gasteiger partial charge in [-0.2, -0.15) is 5.26 Å². The molecule has 120 valence electrons. The van der Waals surface area contributed by atoms with E-state index in [0.29, 0.717) is 11.7 Å². The van der Waals surface area contributed by atoms with Gasteiger partial charge in [-0.15, -0.1) is 15.0 Å². The SMILES string of the molecule is CC[C@H]1CCCCN1c1nn(-c2ccc(C)cc2C)nc1C#N. The third kappa shape index (κ3) is 2.94. The summed E-state index contributed by atoms with van der Waals surface area (Å²) in [6, 6.07) is 8.86. The summed E-state index contributed by atoms with van der Waals surface area (Å²) < 4.78 is 0. The minimum atomic E-state index is 0.422. The lowest BCUT2D eigenvalue weighted by Crippen LogP contribution is -2.39. The number of nitrogens with zero attached hydrogens (tertiary/aromatic N) is 5. The molecule has 0 saturated carbocycles. The van der Waals surface area contributed by atoms with E-state index in [0.717, 1.165) is 42.9 Å². The first-order valence-electron chi connectivity index (χ1n) is 8.35. The number of aromatic nitrogens is 3. The van der Waals surface area contributed by atoms with Gasteiger partial charge in [0.15, 0.2) is 5.82 Å². The van der Waals surface area contributed by atoms with E-state index in [1.165, 1.54) is 12.0 Å². The summed E-state index contributed by atoms with van der Waals surface area (Å²) in [7, 11) is 0. The maximum absolute atomic E-state index is 9.49. The average molecular weight is 309 g/mol. The molecule has 5 nitrogen and oxygen atoms in total. The van der Waals surface area contributed by atoms with E-state index in [-0.39, 0.29) is 0 Å². The van der Waals surface area contributed by atoms with Crippen LogP contribution in [0.2, 0.25) is 0 Å². The van der Waals surface area contributed by atoms with Gasteiger partial charge >= 0.3 is 0 Å². The fraction of sp³-hybridized carbons (Fsp3) is 0.500. The van der Waals surface area contributed by atoms with Crippen molar-refractivity contribution in [2.75, 3.05) is 11.4 Å². The molecular formula is C18H23N5. The van der Waals surface area contributed by atoms with Crippen molar-refractivity contribution in [2.45, 2.75) is 52.5 Å². The first-order valence-corrected chi connectivity index (χ1v) is 8.35. The van der Waals surface area contributed by atoms with E-state index in [2.05, 4.69) is 41.1 Å². The Morgan fingerprint density at radius 1 is 1.26 bits per heavy atom. The van der Waals surface area contributed by atoms with Crippen LogP contribution in [0.4, 0.5) is 5.82 Å². The predicted octanol–water partition coefficient (Wildman–Crippen LogP) is 3.52. The number of hydrogen-bond acceptors (Lipinski definition) is 4. The average Bonchev–Trinajstić information content (AvgIpc) is 2.98. The molecule has 2 heterocycles. The number of aryl methyl sites for hydroxylation is 2. The van der Waals surface area contributed by atoms with Gasteiger partial charge in [0.05, 0.1) is 5.69 Å². The number of nitriles is 1. The van der Waals surface area contributed by atoms with Crippen molar-refractivity contribution in [1.82, 2.24) is 15.0 Å². The lowest BCUT2D eigenvalue weighted by Gasteiger charge is -2.35. The van der Waals surface area contributed by atoms with Crippen LogP contribution in [0.25, 0.3) is 5.69 Å². The highest BCUT2D eigenvalue weighted by Crippen LogP contribution is 2.27. The molecule has 0 radical (unpaired) electrons. The van der Waals surface area contributed by atoms with E-state index >= 15 is 0 Å².